The highest BCUT2D eigenvalue weighted by Gasteiger charge is 2.40. The van der Waals surface area contributed by atoms with E-state index >= 15 is 0 Å². The molecule has 3 atom stereocenters. The van der Waals surface area contributed by atoms with Crippen LogP contribution in [0.2, 0.25) is 0 Å². The number of nitrogens with zero attached hydrogens (tertiary/aromatic N) is 1. The minimum absolute atomic E-state index is 0.205. The van der Waals surface area contributed by atoms with Crippen molar-refractivity contribution in [3.05, 3.63) is 35.9 Å². The Morgan fingerprint density at radius 2 is 2.08 bits per heavy atom. The van der Waals surface area contributed by atoms with Gasteiger partial charge in [0, 0.05) is 6.04 Å². The lowest BCUT2D eigenvalue weighted by molar-refractivity contribution is 0.152. The van der Waals surface area contributed by atoms with Gasteiger partial charge in [0.1, 0.15) is 0 Å². The summed E-state index contributed by atoms with van der Waals surface area (Å²) in [4.78, 5) is 5.49. The van der Waals surface area contributed by atoms with Crippen molar-refractivity contribution in [2.45, 2.75) is 32.5 Å². The van der Waals surface area contributed by atoms with Gasteiger partial charge < -0.3 is 0 Å². The summed E-state index contributed by atoms with van der Waals surface area (Å²) in [6.45, 7) is 4.36. The fourth-order valence-corrected chi connectivity index (χ4v) is 1.43. The summed E-state index contributed by atoms with van der Waals surface area (Å²) in [5.41, 5.74) is 1.25. The van der Waals surface area contributed by atoms with Crippen LogP contribution in [-0.2, 0) is 4.84 Å². The lowest BCUT2D eigenvalue weighted by Gasteiger charge is -2.04. The third kappa shape index (κ3) is 1.74. The first-order chi connectivity index (χ1) is 6.33. The molecule has 1 unspecified atom stereocenters. The molecule has 0 aromatic heterocycles. The van der Waals surface area contributed by atoms with Crippen molar-refractivity contribution in [2.24, 2.45) is 0 Å². The van der Waals surface area contributed by atoms with Gasteiger partial charge in [-0.15, -0.1) is 5.06 Å². The Labute approximate surface area is 79.1 Å². The summed E-state index contributed by atoms with van der Waals surface area (Å²) >= 11 is 0. The van der Waals surface area contributed by atoms with Gasteiger partial charge in [0.05, 0.1) is 0 Å². The van der Waals surface area contributed by atoms with E-state index in [2.05, 4.69) is 31.0 Å². The van der Waals surface area contributed by atoms with Crippen LogP contribution in [0.3, 0.4) is 0 Å². The summed E-state index contributed by atoms with van der Waals surface area (Å²) in [5.74, 6) is 0. The van der Waals surface area contributed by atoms with E-state index in [-0.39, 0.29) is 6.23 Å². The number of hydrogen-bond donors (Lipinski definition) is 0. The zero-order valence-electron chi connectivity index (χ0n) is 8.10. The Hall–Kier alpha value is -0.860. The van der Waals surface area contributed by atoms with Crippen LogP contribution in [0, 0.1) is 0 Å². The number of hydroxylamine groups is 2. The van der Waals surface area contributed by atoms with Crippen molar-refractivity contribution in [1.82, 2.24) is 5.06 Å². The normalized spacial score (nSPS) is 28.5. The second-order valence-electron chi connectivity index (χ2n) is 3.49. The van der Waals surface area contributed by atoms with Gasteiger partial charge in [0.2, 0.25) is 0 Å². The van der Waals surface area contributed by atoms with Crippen LogP contribution in [0.15, 0.2) is 30.3 Å². The molecular weight excluding hydrogens is 162 g/mol. The molecule has 1 aromatic rings. The average Bonchev–Trinajstić information content (AvgIpc) is 2.98. The van der Waals surface area contributed by atoms with Crippen LogP contribution >= 0.6 is 0 Å². The van der Waals surface area contributed by atoms with Gasteiger partial charge >= 0.3 is 0 Å². The molecule has 1 heterocycles. The van der Waals surface area contributed by atoms with Crippen molar-refractivity contribution >= 4 is 0 Å². The van der Waals surface area contributed by atoms with Gasteiger partial charge in [-0.1, -0.05) is 37.3 Å². The number of rotatable bonds is 3. The summed E-state index contributed by atoms with van der Waals surface area (Å²) < 4.78 is 0. The van der Waals surface area contributed by atoms with Crippen LogP contribution in [0.4, 0.5) is 0 Å². The molecule has 0 N–H and O–H groups in total. The summed E-state index contributed by atoms with van der Waals surface area (Å²) in [6.07, 6.45) is 1.33. The van der Waals surface area contributed by atoms with Crippen molar-refractivity contribution in [3.63, 3.8) is 0 Å². The van der Waals surface area contributed by atoms with E-state index in [1.165, 1.54) is 5.56 Å². The summed E-state index contributed by atoms with van der Waals surface area (Å²) in [6, 6.07) is 10.8. The first kappa shape index (κ1) is 8.73. The first-order valence-corrected chi connectivity index (χ1v) is 4.83. The Kier molecular flexibility index (Phi) is 2.34. The molecule has 2 rings (SSSR count). The number of hydrogen-bond acceptors (Lipinski definition) is 2. The van der Waals surface area contributed by atoms with E-state index in [0.29, 0.717) is 6.04 Å². The second kappa shape index (κ2) is 3.48. The maximum Gasteiger partial charge on any atom is 0.180 e. The zero-order chi connectivity index (χ0) is 9.26. The molecule has 0 saturated carbocycles. The Bertz CT molecular complexity index is 273. The summed E-state index contributed by atoms with van der Waals surface area (Å²) in [7, 11) is 0. The minimum Gasteiger partial charge on any atom is -0.270 e. The summed E-state index contributed by atoms with van der Waals surface area (Å²) in [5, 5.41) is 2.05. The van der Waals surface area contributed by atoms with Crippen molar-refractivity contribution in [3.8, 4) is 0 Å². The molecule has 2 heteroatoms. The third-order valence-corrected chi connectivity index (χ3v) is 2.52. The van der Waals surface area contributed by atoms with Crippen LogP contribution < -0.4 is 0 Å². The predicted octanol–water partition coefficient (Wildman–Crippen LogP) is 2.73. The highest BCUT2D eigenvalue weighted by Crippen LogP contribution is 2.39. The van der Waals surface area contributed by atoms with Crippen LogP contribution in [-0.4, -0.2) is 11.1 Å². The van der Waals surface area contributed by atoms with E-state index < -0.39 is 0 Å². The van der Waals surface area contributed by atoms with Gasteiger partial charge in [-0.2, -0.15) is 0 Å². The largest absolute Gasteiger partial charge is 0.270 e. The highest BCUT2D eigenvalue weighted by molar-refractivity contribution is 5.18. The van der Waals surface area contributed by atoms with E-state index in [1.807, 2.05) is 18.2 Å². The Morgan fingerprint density at radius 3 is 2.69 bits per heavy atom. The molecule has 0 aliphatic carbocycles. The van der Waals surface area contributed by atoms with Crippen molar-refractivity contribution < 1.29 is 4.84 Å². The fraction of sp³-hybridized carbons (Fsp3) is 0.455. The van der Waals surface area contributed by atoms with Gasteiger partial charge in [0.25, 0.3) is 0 Å². The van der Waals surface area contributed by atoms with E-state index in [1.54, 1.807) is 0 Å². The molecule has 1 fully saturated rings. The van der Waals surface area contributed by atoms with Crippen LogP contribution in [0.1, 0.15) is 32.1 Å². The molecule has 0 radical (unpaired) electrons. The van der Waals surface area contributed by atoms with E-state index in [9.17, 15) is 0 Å². The zero-order valence-corrected chi connectivity index (χ0v) is 8.10. The SMILES string of the molecule is CC[C@@H](C)N1O[C@H]1c1ccccc1. The minimum atomic E-state index is 0.205. The van der Waals surface area contributed by atoms with E-state index in [0.717, 1.165) is 6.42 Å². The maximum atomic E-state index is 5.49. The van der Waals surface area contributed by atoms with Crippen LogP contribution in [0.25, 0.3) is 0 Å². The van der Waals surface area contributed by atoms with Crippen LogP contribution in [0.5, 0.6) is 0 Å². The van der Waals surface area contributed by atoms with Gasteiger partial charge in [-0.25, -0.2) is 0 Å². The third-order valence-electron chi connectivity index (χ3n) is 2.52. The topological polar surface area (TPSA) is 15.5 Å². The molecule has 1 aliphatic rings. The molecular formula is C11H15NO. The average molecular weight is 177 g/mol. The Morgan fingerprint density at radius 1 is 1.38 bits per heavy atom. The molecule has 0 amide bonds. The maximum absolute atomic E-state index is 5.49. The molecule has 13 heavy (non-hydrogen) atoms. The van der Waals surface area contributed by atoms with Gasteiger partial charge in [0.15, 0.2) is 6.23 Å². The molecule has 1 aliphatic heterocycles. The quantitative estimate of drug-likeness (QED) is 0.660. The standard InChI is InChI=1S/C11H15NO/c1-3-9(2)12-11(13-12)10-7-5-4-6-8-10/h4-9,11H,3H2,1-2H3/t9-,11+,12?/m1/s1. The monoisotopic (exact) mass is 177 g/mol. The Balaban J connectivity index is 2.00. The van der Waals surface area contributed by atoms with Gasteiger partial charge in [-0.3, -0.25) is 4.84 Å². The molecule has 1 saturated heterocycles. The molecule has 2 nitrogen and oxygen atoms in total. The predicted molar refractivity (Wildman–Crippen MR) is 51.9 cm³/mol. The van der Waals surface area contributed by atoms with Gasteiger partial charge in [-0.05, 0) is 18.9 Å². The second-order valence-corrected chi connectivity index (χ2v) is 3.49. The van der Waals surface area contributed by atoms with Crippen molar-refractivity contribution in [1.29, 1.82) is 0 Å². The van der Waals surface area contributed by atoms with E-state index in [4.69, 9.17) is 4.84 Å². The highest BCUT2D eigenvalue weighted by atomic mass is 16.8. The lowest BCUT2D eigenvalue weighted by atomic mass is 10.2. The first-order valence-electron chi connectivity index (χ1n) is 4.83. The lowest BCUT2D eigenvalue weighted by Crippen LogP contribution is -2.12. The van der Waals surface area contributed by atoms with Crippen molar-refractivity contribution in [2.75, 3.05) is 0 Å². The fourth-order valence-electron chi connectivity index (χ4n) is 1.43. The molecule has 70 valence electrons. The smallest absolute Gasteiger partial charge is 0.180 e. The number of benzene rings is 1. The molecule has 0 bridgehead atoms. The molecule has 0 spiro atoms. The molecule has 1 aromatic carbocycles.